The number of benzene rings is 1. The highest BCUT2D eigenvalue weighted by atomic mass is 79.9. The largest absolute Gasteiger partial charge is 0.277 e. The number of rotatable bonds is 5. The van der Waals surface area contributed by atoms with E-state index in [2.05, 4.69) is 50.5 Å². The quantitative estimate of drug-likeness (QED) is 0.463. The molecule has 0 unspecified atom stereocenters. The van der Waals surface area contributed by atoms with Crippen molar-refractivity contribution in [3.8, 4) is 11.3 Å². The third-order valence-electron chi connectivity index (χ3n) is 3.62. The van der Waals surface area contributed by atoms with Crippen molar-refractivity contribution < 1.29 is 4.79 Å². The van der Waals surface area contributed by atoms with E-state index in [9.17, 15) is 4.79 Å². The fourth-order valence-corrected chi connectivity index (χ4v) is 3.41. The number of H-pyrrole nitrogens is 1. The van der Waals surface area contributed by atoms with Crippen LogP contribution in [-0.2, 0) is 0 Å². The minimum atomic E-state index is -0.215. The van der Waals surface area contributed by atoms with Crippen LogP contribution in [0.4, 0.5) is 0 Å². The summed E-state index contributed by atoms with van der Waals surface area (Å²) in [5, 5.41) is 12.9. The fourth-order valence-electron chi connectivity index (χ4n) is 2.24. The predicted molar refractivity (Wildman–Crippen MR) is 105 cm³/mol. The predicted octanol–water partition coefficient (Wildman–Crippen LogP) is 4.79. The Balaban J connectivity index is 1.69. The molecule has 2 N–H and O–H groups in total. The summed E-state index contributed by atoms with van der Waals surface area (Å²) in [4.78, 5) is 13.3. The van der Waals surface area contributed by atoms with Gasteiger partial charge in [-0.05, 0) is 24.1 Å². The molecule has 25 heavy (non-hydrogen) atoms. The van der Waals surface area contributed by atoms with Gasteiger partial charge in [0.05, 0.1) is 23.7 Å². The molecule has 1 aromatic carbocycles. The van der Waals surface area contributed by atoms with E-state index >= 15 is 0 Å². The lowest BCUT2D eigenvalue weighted by Crippen LogP contribution is -2.16. The molecule has 0 radical (unpaired) electrons. The van der Waals surface area contributed by atoms with Crippen LogP contribution in [0.25, 0.3) is 11.3 Å². The molecule has 2 heterocycles. The van der Waals surface area contributed by atoms with Crippen LogP contribution in [0, 0.1) is 0 Å². The number of hydrogen-bond donors (Lipinski definition) is 2. The van der Waals surface area contributed by atoms with Gasteiger partial charge in [0.25, 0.3) is 5.91 Å². The lowest BCUT2D eigenvalue weighted by atomic mass is 10.1. The molecule has 7 heteroatoms. The Hall–Kier alpha value is -2.25. The molecule has 0 fully saturated rings. The molecule has 0 spiro atoms. The van der Waals surface area contributed by atoms with Crippen LogP contribution in [0.15, 0.2) is 51.5 Å². The van der Waals surface area contributed by atoms with Gasteiger partial charge in [-0.3, -0.25) is 9.89 Å². The number of aromatic amines is 1. The van der Waals surface area contributed by atoms with Crippen LogP contribution >= 0.6 is 27.3 Å². The first-order valence-electron chi connectivity index (χ1n) is 7.75. The molecule has 3 aromatic rings. The van der Waals surface area contributed by atoms with E-state index in [1.807, 2.05) is 35.7 Å². The van der Waals surface area contributed by atoms with Gasteiger partial charge in [0, 0.05) is 25.9 Å². The van der Waals surface area contributed by atoms with Crippen molar-refractivity contribution in [1.29, 1.82) is 0 Å². The number of hydrogen-bond acceptors (Lipinski definition) is 4. The van der Waals surface area contributed by atoms with Gasteiger partial charge in [-0.15, -0.1) is 11.3 Å². The molecule has 3 rings (SSSR count). The Labute approximate surface area is 158 Å². The number of aromatic nitrogens is 2. The van der Waals surface area contributed by atoms with Crippen LogP contribution in [0.2, 0.25) is 0 Å². The second-order valence-corrected chi connectivity index (χ2v) is 7.66. The zero-order valence-corrected chi connectivity index (χ0v) is 16.2. The summed E-state index contributed by atoms with van der Waals surface area (Å²) in [5.74, 6) is 0.197. The third kappa shape index (κ3) is 4.24. The average molecular weight is 417 g/mol. The molecule has 0 aliphatic rings. The molecule has 128 valence electrons. The number of amides is 1. The summed E-state index contributed by atoms with van der Waals surface area (Å²) in [6.45, 7) is 4.21. The molecule has 5 nitrogen and oxygen atoms in total. The maximum absolute atomic E-state index is 12.2. The van der Waals surface area contributed by atoms with Crippen LogP contribution in [0.5, 0.6) is 0 Å². The molecule has 0 atom stereocenters. The number of carbonyl (C=O) groups excluding carboxylic acids is 1. The van der Waals surface area contributed by atoms with Crippen molar-refractivity contribution in [1.82, 2.24) is 15.6 Å². The Morgan fingerprint density at radius 3 is 2.80 bits per heavy atom. The zero-order valence-electron chi connectivity index (χ0n) is 13.8. The highest BCUT2D eigenvalue weighted by molar-refractivity contribution is 9.10. The maximum Gasteiger partial charge on any atom is 0.272 e. The number of nitrogens with one attached hydrogen (secondary N) is 2. The summed E-state index contributed by atoms with van der Waals surface area (Å²) in [7, 11) is 0. The maximum atomic E-state index is 12.2. The standard InChI is InChI=1S/C18H17BrN4OS/c1-11(2)16-7-13(10-25-16)18(24)23-21-9-14-8-20-22-17(14)12-3-5-15(19)6-4-12/h3-11H,1-2H3,(H,20,22)(H,23,24)/b21-9+. The van der Waals surface area contributed by atoms with Gasteiger partial charge >= 0.3 is 0 Å². The highest BCUT2D eigenvalue weighted by Gasteiger charge is 2.10. The van der Waals surface area contributed by atoms with Crippen molar-refractivity contribution in [3.63, 3.8) is 0 Å². The van der Waals surface area contributed by atoms with Crippen LogP contribution in [-0.4, -0.2) is 22.3 Å². The molecule has 0 saturated heterocycles. The summed E-state index contributed by atoms with van der Waals surface area (Å²) in [6, 6.07) is 9.79. The van der Waals surface area contributed by atoms with Gasteiger partial charge in [0.2, 0.25) is 0 Å². The summed E-state index contributed by atoms with van der Waals surface area (Å²) in [5.41, 5.74) is 5.84. The molecule has 0 aliphatic heterocycles. The van der Waals surface area contributed by atoms with Crippen molar-refractivity contribution in [2.75, 3.05) is 0 Å². The molecule has 2 aromatic heterocycles. The van der Waals surface area contributed by atoms with E-state index in [1.165, 1.54) is 4.88 Å². The van der Waals surface area contributed by atoms with E-state index in [0.717, 1.165) is 21.3 Å². The lowest BCUT2D eigenvalue weighted by molar-refractivity contribution is 0.0955. The van der Waals surface area contributed by atoms with Crippen molar-refractivity contribution >= 4 is 39.4 Å². The third-order valence-corrected chi connectivity index (χ3v) is 5.38. The highest BCUT2D eigenvalue weighted by Crippen LogP contribution is 2.23. The van der Waals surface area contributed by atoms with E-state index in [0.29, 0.717) is 11.5 Å². The van der Waals surface area contributed by atoms with E-state index in [-0.39, 0.29) is 5.91 Å². The Kier molecular flexibility index (Phi) is 5.45. The molecule has 1 amide bonds. The normalized spacial score (nSPS) is 11.4. The van der Waals surface area contributed by atoms with Crippen molar-refractivity contribution in [2.24, 2.45) is 5.10 Å². The molecular weight excluding hydrogens is 400 g/mol. The van der Waals surface area contributed by atoms with Crippen LogP contribution in [0.3, 0.4) is 0 Å². The summed E-state index contributed by atoms with van der Waals surface area (Å²) < 4.78 is 1.01. The SMILES string of the molecule is CC(C)c1cc(C(=O)N/N=C/c2cn[nH]c2-c2ccc(Br)cc2)cs1. The summed E-state index contributed by atoms with van der Waals surface area (Å²) >= 11 is 5.01. The molecule has 0 bridgehead atoms. The van der Waals surface area contributed by atoms with Crippen molar-refractivity contribution in [3.05, 3.63) is 62.4 Å². The second-order valence-electron chi connectivity index (χ2n) is 5.80. The number of thiophene rings is 1. The van der Waals surface area contributed by atoms with E-state index in [4.69, 9.17) is 0 Å². The van der Waals surface area contributed by atoms with Gasteiger partial charge in [-0.1, -0.05) is 41.9 Å². The van der Waals surface area contributed by atoms with Gasteiger partial charge in [0.15, 0.2) is 0 Å². The lowest BCUT2D eigenvalue weighted by Gasteiger charge is -2.00. The second kappa shape index (κ2) is 7.76. The number of nitrogens with zero attached hydrogens (tertiary/aromatic N) is 2. The fraction of sp³-hybridized carbons (Fsp3) is 0.167. The minimum absolute atomic E-state index is 0.215. The first-order valence-corrected chi connectivity index (χ1v) is 9.43. The van der Waals surface area contributed by atoms with Gasteiger partial charge in [-0.2, -0.15) is 10.2 Å². The molecule has 0 aliphatic carbocycles. The van der Waals surface area contributed by atoms with Crippen LogP contribution in [0.1, 0.15) is 40.6 Å². The average Bonchev–Trinajstić information content (AvgIpc) is 3.25. The van der Waals surface area contributed by atoms with Gasteiger partial charge in [0.1, 0.15) is 0 Å². The Morgan fingerprint density at radius 1 is 1.36 bits per heavy atom. The number of hydrazone groups is 1. The topological polar surface area (TPSA) is 70.1 Å². The Morgan fingerprint density at radius 2 is 2.12 bits per heavy atom. The monoisotopic (exact) mass is 416 g/mol. The Bertz CT molecular complexity index is 896. The van der Waals surface area contributed by atoms with E-state index < -0.39 is 0 Å². The molecule has 0 saturated carbocycles. The van der Waals surface area contributed by atoms with E-state index in [1.54, 1.807) is 23.7 Å². The van der Waals surface area contributed by atoms with Gasteiger partial charge in [-0.25, -0.2) is 5.43 Å². The first kappa shape index (κ1) is 17.6. The van der Waals surface area contributed by atoms with Crippen molar-refractivity contribution in [2.45, 2.75) is 19.8 Å². The number of carbonyl (C=O) groups is 1. The van der Waals surface area contributed by atoms with Gasteiger partial charge < -0.3 is 0 Å². The summed E-state index contributed by atoms with van der Waals surface area (Å²) in [6.07, 6.45) is 3.27. The minimum Gasteiger partial charge on any atom is -0.277 e. The van der Waals surface area contributed by atoms with Crippen LogP contribution < -0.4 is 5.43 Å². The number of halogens is 1. The molecular formula is C18H17BrN4OS. The first-order chi connectivity index (χ1) is 12.0. The zero-order chi connectivity index (χ0) is 17.8. The smallest absolute Gasteiger partial charge is 0.272 e.